The molecule has 33 heavy (non-hydrogen) atoms. The minimum Gasteiger partial charge on any atom is -0.489 e. The van der Waals surface area contributed by atoms with Gasteiger partial charge in [-0.2, -0.15) is 0 Å². The number of hydrogen-bond donors (Lipinski definition) is 1. The average molecular weight is 444 g/mol. The van der Waals surface area contributed by atoms with Gasteiger partial charge in [0.05, 0.1) is 6.54 Å². The summed E-state index contributed by atoms with van der Waals surface area (Å²) >= 11 is 0. The topological polar surface area (TPSA) is 61.9 Å². The maximum absolute atomic E-state index is 13.0. The van der Waals surface area contributed by atoms with Crippen molar-refractivity contribution in [2.45, 2.75) is 13.5 Å². The Kier molecular flexibility index (Phi) is 7.37. The summed E-state index contributed by atoms with van der Waals surface area (Å²) in [5, 5.41) is 2.91. The molecule has 1 saturated heterocycles. The van der Waals surface area contributed by atoms with Crippen LogP contribution < -0.4 is 10.1 Å². The average Bonchev–Trinajstić information content (AvgIpc) is 2.84. The largest absolute Gasteiger partial charge is 0.489 e. The fourth-order valence-corrected chi connectivity index (χ4v) is 3.90. The molecule has 1 aliphatic heterocycles. The second-order valence-electron chi connectivity index (χ2n) is 8.29. The molecule has 0 aromatic heterocycles. The minimum atomic E-state index is -0.0422. The number of hydrogen-bond acceptors (Lipinski definition) is 4. The molecular weight excluding hydrogens is 414 g/mol. The molecule has 170 valence electrons. The maximum atomic E-state index is 13.0. The highest BCUT2D eigenvalue weighted by atomic mass is 16.5. The van der Waals surface area contributed by atoms with E-state index in [1.54, 1.807) is 6.07 Å². The van der Waals surface area contributed by atoms with Crippen LogP contribution in [0.3, 0.4) is 0 Å². The van der Waals surface area contributed by atoms with Crippen LogP contribution in [0.15, 0.2) is 78.9 Å². The van der Waals surface area contributed by atoms with Crippen LogP contribution in [0.1, 0.15) is 21.5 Å². The van der Waals surface area contributed by atoms with Crippen molar-refractivity contribution in [3.05, 3.63) is 95.6 Å². The summed E-state index contributed by atoms with van der Waals surface area (Å²) in [4.78, 5) is 29.2. The number of anilines is 1. The monoisotopic (exact) mass is 443 g/mol. The van der Waals surface area contributed by atoms with Gasteiger partial charge in [-0.05, 0) is 42.8 Å². The van der Waals surface area contributed by atoms with E-state index in [4.69, 9.17) is 4.74 Å². The lowest BCUT2D eigenvalue weighted by molar-refractivity contribution is -0.117. The standard InChI is InChI=1S/C27H29N3O3/c1-21-7-5-8-22(17-21)20-33-25-12-6-9-23(18-25)27(32)30-15-13-29(14-16-30)19-26(31)28-24-10-3-2-4-11-24/h2-12,17-18H,13-16,19-20H2,1H3,(H,28,31). The third-order valence-corrected chi connectivity index (χ3v) is 5.65. The Balaban J connectivity index is 1.27. The van der Waals surface area contributed by atoms with Crippen molar-refractivity contribution >= 4 is 17.5 Å². The minimum absolute atomic E-state index is 0.00982. The molecule has 6 nitrogen and oxygen atoms in total. The Hall–Kier alpha value is -3.64. The number of nitrogens with zero attached hydrogens (tertiary/aromatic N) is 2. The van der Waals surface area contributed by atoms with Crippen LogP contribution in [0.5, 0.6) is 5.75 Å². The Morgan fingerprint density at radius 2 is 1.64 bits per heavy atom. The number of aryl methyl sites for hydroxylation is 1. The highest BCUT2D eigenvalue weighted by Gasteiger charge is 2.23. The lowest BCUT2D eigenvalue weighted by Gasteiger charge is -2.34. The molecule has 6 heteroatoms. The summed E-state index contributed by atoms with van der Waals surface area (Å²) in [6.45, 7) is 5.34. The van der Waals surface area contributed by atoms with Crippen LogP contribution in [-0.4, -0.2) is 54.3 Å². The number of carbonyl (C=O) groups excluding carboxylic acids is 2. The summed E-state index contributed by atoms with van der Waals surface area (Å²) in [7, 11) is 0. The van der Waals surface area contributed by atoms with Crippen molar-refractivity contribution in [1.82, 2.24) is 9.80 Å². The molecule has 1 N–H and O–H groups in total. The first kappa shape index (κ1) is 22.6. The molecule has 1 heterocycles. The highest BCUT2D eigenvalue weighted by molar-refractivity contribution is 5.95. The van der Waals surface area contributed by atoms with Gasteiger partial charge in [-0.1, -0.05) is 54.1 Å². The van der Waals surface area contributed by atoms with E-state index in [1.807, 2.05) is 65.6 Å². The van der Waals surface area contributed by atoms with Crippen molar-refractivity contribution in [3.63, 3.8) is 0 Å². The predicted octanol–water partition coefficient (Wildman–Crippen LogP) is 3.97. The van der Waals surface area contributed by atoms with Gasteiger partial charge in [-0.3, -0.25) is 14.5 Å². The summed E-state index contributed by atoms with van der Waals surface area (Å²) in [5.41, 5.74) is 3.70. The van der Waals surface area contributed by atoms with Crippen LogP contribution in [-0.2, 0) is 11.4 Å². The molecule has 0 spiro atoms. The lowest BCUT2D eigenvalue weighted by Crippen LogP contribution is -2.50. The maximum Gasteiger partial charge on any atom is 0.254 e. The zero-order chi connectivity index (χ0) is 23.0. The Morgan fingerprint density at radius 3 is 2.39 bits per heavy atom. The Labute approximate surface area is 194 Å². The van der Waals surface area contributed by atoms with Crippen LogP contribution in [0.2, 0.25) is 0 Å². The third kappa shape index (κ3) is 6.43. The van der Waals surface area contributed by atoms with E-state index in [2.05, 4.69) is 29.3 Å². The molecule has 0 radical (unpaired) electrons. The molecule has 3 aromatic carbocycles. The van der Waals surface area contributed by atoms with E-state index >= 15 is 0 Å². The normalized spacial score (nSPS) is 14.0. The van der Waals surface area contributed by atoms with Crippen LogP contribution in [0.25, 0.3) is 0 Å². The van der Waals surface area contributed by atoms with Gasteiger partial charge in [0.25, 0.3) is 5.91 Å². The van der Waals surface area contributed by atoms with Gasteiger partial charge in [-0.25, -0.2) is 0 Å². The number of amides is 2. The van der Waals surface area contributed by atoms with Gasteiger partial charge in [0, 0.05) is 37.4 Å². The van der Waals surface area contributed by atoms with Gasteiger partial charge < -0.3 is 15.0 Å². The second-order valence-corrected chi connectivity index (χ2v) is 8.29. The Bertz CT molecular complexity index is 1090. The molecule has 1 aliphatic rings. The zero-order valence-corrected chi connectivity index (χ0v) is 18.9. The SMILES string of the molecule is Cc1cccc(COc2cccc(C(=O)N3CCN(CC(=O)Nc4ccccc4)CC3)c2)c1. The van der Waals surface area contributed by atoms with Gasteiger partial charge >= 0.3 is 0 Å². The zero-order valence-electron chi connectivity index (χ0n) is 18.9. The molecule has 0 aliphatic carbocycles. The van der Waals surface area contributed by atoms with E-state index in [1.165, 1.54) is 5.56 Å². The first-order chi connectivity index (χ1) is 16.1. The first-order valence-electron chi connectivity index (χ1n) is 11.2. The molecule has 2 amide bonds. The van der Waals surface area contributed by atoms with Crippen LogP contribution in [0.4, 0.5) is 5.69 Å². The number of benzene rings is 3. The molecule has 1 fully saturated rings. The predicted molar refractivity (Wildman–Crippen MR) is 129 cm³/mol. The molecule has 3 aromatic rings. The number of carbonyl (C=O) groups is 2. The quantitative estimate of drug-likeness (QED) is 0.600. The van der Waals surface area contributed by atoms with Crippen molar-refractivity contribution in [2.75, 3.05) is 38.0 Å². The first-order valence-corrected chi connectivity index (χ1v) is 11.2. The number of piperazine rings is 1. The highest BCUT2D eigenvalue weighted by Crippen LogP contribution is 2.18. The van der Waals surface area contributed by atoms with Gasteiger partial charge in [0.2, 0.25) is 5.91 Å². The van der Waals surface area contributed by atoms with E-state index in [0.717, 1.165) is 11.3 Å². The van der Waals surface area contributed by atoms with Crippen LogP contribution in [0, 0.1) is 6.92 Å². The lowest BCUT2D eigenvalue weighted by atomic mass is 10.1. The summed E-state index contributed by atoms with van der Waals surface area (Å²) in [6.07, 6.45) is 0. The number of para-hydroxylation sites is 1. The van der Waals surface area contributed by atoms with E-state index < -0.39 is 0 Å². The molecule has 0 bridgehead atoms. The molecule has 4 rings (SSSR count). The van der Waals surface area contributed by atoms with Crippen molar-refractivity contribution < 1.29 is 14.3 Å². The van der Waals surface area contributed by atoms with Gasteiger partial charge in [0.1, 0.15) is 12.4 Å². The molecule has 0 unspecified atom stereocenters. The molecule has 0 atom stereocenters. The Morgan fingerprint density at radius 1 is 0.879 bits per heavy atom. The summed E-state index contributed by atoms with van der Waals surface area (Å²) in [5.74, 6) is 0.627. The third-order valence-electron chi connectivity index (χ3n) is 5.65. The molecular formula is C27H29N3O3. The number of ether oxygens (including phenoxy) is 1. The van der Waals surface area contributed by atoms with Crippen LogP contribution >= 0.6 is 0 Å². The second kappa shape index (κ2) is 10.8. The van der Waals surface area contributed by atoms with E-state index in [0.29, 0.717) is 50.6 Å². The van der Waals surface area contributed by atoms with Crippen molar-refractivity contribution in [2.24, 2.45) is 0 Å². The fraction of sp³-hybridized carbons (Fsp3) is 0.259. The van der Waals surface area contributed by atoms with Gasteiger partial charge in [-0.15, -0.1) is 0 Å². The van der Waals surface area contributed by atoms with Crippen molar-refractivity contribution in [3.8, 4) is 5.75 Å². The summed E-state index contributed by atoms with van der Waals surface area (Å²) < 4.78 is 5.91. The van der Waals surface area contributed by atoms with Crippen molar-refractivity contribution in [1.29, 1.82) is 0 Å². The fourth-order valence-electron chi connectivity index (χ4n) is 3.90. The number of rotatable bonds is 7. The van der Waals surface area contributed by atoms with E-state index in [9.17, 15) is 9.59 Å². The number of nitrogens with one attached hydrogen (secondary N) is 1. The smallest absolute Gasteiger partial charge is 0.254 e. The van der Waals surface area contributed by atoms with E-state index in [-0.39, 0.29) is 11.8 Å². The summed E-state index contributed by atoms with van der Waals surface area (Å²) in [6, 6.07) is 25.0. The molecule has 0 saturated carbocycles. The van der Waals surface area contributed by atoms with Gasteiger partial charge in [0.15, 0.2) is 0 Å².